The number of nitro groups is 1. The average molecular weight is 348 g/mol. The SMILES string of the molecule is Cc1ccc(Cl)cc1NC(=O)CO/N=C\c1cccc([N+](=O)[O-])c1. The smallest absolute Gasteiger partial charge is 0.270 e. The summed E-state index contributed by atoms with van der Waals surface area (Å²) in [6.07, 6.45) is 1.30. The molecule has 8 heteroatoms. The number of anilines is 1. The lowest BCUT2D eigenvalue weighted by molar-refractivity contribution is -0.384. The Bertz CT molecular complexity index is 793. The Hall–Kier alpha value is -2.93. The van der Waals surface area contributed by atoms with Gasteiger partial charge in [0.2, 0.25) is 0 Å². The van der Waals surface area contributed by atoms with E-state index in [1.54, 1.807) is 24.3 Å². The second-order valence-electron chi connectivity index (χ2n) is 4.87. The quantitative estimate of drug-likeness (QED) is 0.491. The van der Waals surface area contributed by atoms with E-state index in [1.807, 2.05) is 6.92 Å². The lowest BCUT2D eigenvalue weighted by Crippen LogP contribution is -2.17. The van der Waals surface area contributed by atoms with Gasteiger partial charge in [0.05, 0.1) is 11.1 Å². The number of rotatable bonds is 6. The second kappa shape index (κ2) is 8.07. The molecule has 0 aromatic heterocycles. The molecule has 2 aromatic rings. The number of hydrogen-bond acceptors (Lipinski definition) is 5. The normalized spacial score (nSPS) is 10.6. The zero-order valence-electron chi connectivity index (χ0n) is 12.7. The van der Waals surface area contributed by atoms with Crippen LogP contribution in [0.1, 0.15) is 11.1 Å². The molecule has 0 saturated heterocycles. The van der Waals surface area contributed by atoms with Crippen LogP contribution in [0.4, 0.5) is 11.4 Å². The Morgan fingerprint density at radius 1 is 1.38 bits per heavy atom. The van der Waals surface area contributed by atoms with Gasteiger partial charge >= 0.3 is 0 Å². The van der Waals surface area contributed by atoms with Crippen molar-refractivity contribution in [3.05, 3.63) is 68.7 Å². The lowest BCUT2D eigenvalue weighted by Gasteiger charge is -2.07. The summed E-state index contributed by atoms with van der Waals surface area (Å²) in [7, 11) is 0. The molecule has 0 aliphatic rings. The molecule has 0 fully saturated rings. The first-order valence-electron chi connectivity index (χ1n) is 6.91. The summed E-state index contributed by atoms with van der Waals surface area (Å²) in [6.45, 7) is 1.55. The van der Waals surface area contributed by atoms with Crippen LogP contribution < -0.4 is 5.32 Å². The molecular formula is C16H14ClN3O4. The molecule has 2 aromatic carbocycles. The molecule has 0 spiro atoms. The van der Waals surface area contributed by atoms with Crippen LogP contribution >= 0.6 is 11.6 Å². The van der Waals surface area contributed by atoms with Crippen molar-refractivity contribution in [2.45, 2.75) is 6.92 Å². The summed E-state index contributed by atoms with van der Waals surface area (Å²) < 4.78 is 0. The minimum atomic E-state index is -0.501. The Labute approximate surface area is 143 Å². The van der Waals surface area contributed by atoms with Gasteiger partial charge in [0, 0.05) is 28.4 Å². The third-order valence-corrected chi connectivity index (χ3v) is 3.26. The Morgan fingerprint density at radius 2 is 2.17 bits per heavy atom. The van der Waals surface area contributed by atoms with Crippen molar-refractivity contribution in [2.24, 2.45) is 5.16 Å². The Kier molecular flexibility index (Phi) is 5.86. The van der Waals surface area contributed by atoms with Crippen LogP contribution in [0.3, 0.4) is 0 Å². The number of benzene rings is 2. The third-order valence-electron chi connectivity index (χ3n) is 3.03. The zero-order valence-corrected chi connectivity index (χ0v) is 13.5. The Balaban J connectivity index is 1.87. The fourth-order valence-corrected chi connectivity index (χ4v) is 2.00. The molecule has 0 bridgehead atoms. The molecule has 0 unspecified atom stereocenters. The van der Waals surface area contributed by atoms with Gasteiger partial charge in [-0.05, 0) is 24.6 Å². The van der Waals surface area contributed by atoms with E-state index in [1.165, 1.54) is 24.4 Å². The summed E-state index contributed by atoms with van der Waals surface area (Å²) in [6, 6.07) is 11.1. The summed E-state index contributed by atoms with van der Waals surface area (Å²) in [5.74, 6) is -0.392. The van der Waals surface area contributed by atoms with Gasteiger partial charge in [-0.1, -0.05) is 35.0 Å². The van der Waals surface area contributed by atoms with Gasteiger partial charge in [-0.15, -0.1) is 0 Å². The van der Waals surface area contributed by atoms with Gasteiger partial charge in [0.15, 0.2) is 6.61 Å². The number of non-ortho nitro benzene ring substituents is 1. The van der Waals surface area contributed by atoms with Gasteiger partial charge in [0.1, 0.15) is 0 Å². The predicted molar refractivity (Wildman–Crippen MR) is 91.5 cm³/mol. The van der Waals surface area contributed by atoms with Gasteiger partial charge in [-0.25, -0.2) is 0 Å². The minimum Gasteiger partial charge on any atom is -0.386 e. The van der Waals surface area contributed by atoms with E-state index in [9.17, 15) is 14.9 Å². The van der Waals surface area contributed by atoms with Crippen molar-refractivity contribution >= 4 is 35.1 Å². The highest BCUT2D eigenvalue weighted by atomic mass is 35.5. The van der Waals surface area contributed by atoms with E-state index in [0.29, 0.717) is 16.3 Å². The van der Waals surface area contributed by atoms with Crippen LogP contribution in [-0.4, -0.2) is 23.7 Å². The fraction of sp³-hybridized carbons (Fsp3) is 0.125. The first-order chi connectivity index (χ1) is 11.5. The van der Waals surface area contributed by atoms with Crippen molar-refractivity contribution in [1.29, 1.82) is 0 Å². The van der Waals surface area contributed by atoms with Crippen molar-refractivity contribution < 1.29 is 14.6 Å². The molecule has 0 aliphatic carbocycles. The molecule has 0 heterocycles. The highest BCUT2D eigenvalue weighted by molar-refractivity contribution is 6.31. The summed E-state index contributed by atoms with van der Waals surface area (Å²) in [4.78, 5) is 26.8. The van der Waals surface area contributed by atoms with Crippen LogP contribution in [-0.2, 0) is 9.63 Å². The molecule has 0 atom stereocenters. The summed E-state index contributed by atoms with van der Waals surface area (Å²) in [5.41, 5.74) is 1.91. The standard InChI is InChI=1S/C16H14ClN3O4/c1-11-5-6-13(17)8-15(11)19-16(21)10-24-18-9-12-3-2-4-14(7-12)20(22)23/h2-9H,10H2,1H3,(H,19,21)/b18-9-. The highest BCUT2D eigenvalue weighted by Gasteiger charge is 2.06. The number of halogens is 1. The average Bonchev–Trinajstić information content (AvgIpc) is 2.55. The molecule has 0 radical (unpaired) electrons. The highest BCUT2D eigenvalue weighted by Crippen LogP contribution is 2.20. The van der Waals surface area contributed by atoms with Crippen molar-refractivity contribution in [3.63, 3.8) is 0 Å². The van der Waals surface area contributed by atoms with Gasteiger partial charge < -0.3 is 10.2 Å². The molecule has 0 saturated carbocycles. The van der Waals surface area contributed by atoms with Crippen molar-refractivity contribution in [1.82, 2.24) is 0 Å². The molecule has 24 heavy (non-hydrogen) atoms. The van der Waals surface area contributed by atoms with Crippen LogP contribution in [0, 0.1) is 17.0 Å². The molecule has 1 N–H and O–H groups in total. The number of hydrogen-bond donors (Lipinski definition) is 1. The number of nitrogens with one attached hydrogen (secondary N) is 1. The maximum absolute atomic E-state index is 11.8. The predicted octanol–water partition coefficient (Wildman–Crippen LogP) is 3.55. The largest absolute Gasteiger partial charge is 0.386 e. The van der Waals surface area contributed by atoms with Crippen molar-refractivity contribution in [3.8, 4) is 0 Å². The molecule has 124 valence electrons. The van der Waals surface area contributed by atoms with Gasteiger partial charge in [-0.2, -0.15) is 0 Å². The summed E-state index contributed by atoms with van der Waals surface area (Å²) in [5, 5.41) is 17.5. The monoisotopic (exact) mass is 347 g/mol. The molecule has 0 aliphatic heterocycles. The topological polar surface area (TPSA) is 93.8 Å². The van der Waals surface area contributed by atoms with Crippen LogP contribution in [0.25, 0.3) is 0 Å². The Morgan fingerprint density at radius 3 is 2.92 bits per heavy atom. The van der Waals surface area contributed by atoms with E-state index >= 15 is 0 Å². The lowest BCUT2D eigenvalue weighted by atomic mass is 10.2. The number of amides is 1. The molecular weight excluding hydrogens is 334 g/mol. The number of carbonyl (C=O) groups is 1. The van der Waals surface area contributed by atoms with Crippen LogP contribution in [0.15, 0.2) is 47.6 Å². The second-order valence-corrected chi connectivity index (χ2v) is 5.30. The maximum Gasteiger partial charge on any atom is 0.270 e. The zero-order chi connectivity index (χ0) is 17.5. The number of oxime groups is 1. The maximum atomic E-state index is 11.8. The van der Waals surface area contributed by atoms with E-state index in [2.05, 4.69) is 10.5 Å². The van der Waals surface area contributed by atoms with E-state index in [0.717, 1.165) is 5.56 Å². The molecule has 1 amide bonds. The van der Waals surface area contributed by atoms with E-state index in [4.69, 9.17) is 16.4 Å². The first kappa shape index (κ1) is 17.4. The first-order valence-corrected chi connectivity index (χ1v) is 7.29. The van der Waals surface area contributed by atoms with Gasteiger partial charge in [-0.3, -0.25) is 14.9 Å². The number of aryl methyl sites for hydroxylation is 1. The minimum absolute atomic E-state index is 0.0480. The third kappa shape index (κ3) is 5.06. The molecule has 2 rings (SSSR count). The van der Waals surface area contributed by atoms with E-state index < -0.39 is 10.8 Å². The summed E-state index contributed by atoms with van der Waals surface area (Å²) >= 11 is 5.88. The van der Waals surface area contributed by atoms with Crippen molar-refractivity contribution in [2.75, 3.05) is 11.9 Å². The van der Waals surface area contributed by atoms with Crippen LogP contribution in [0.2, 0.25) is 5.02 Å². The molecule has 7 nitrogen and oxygen atoms in total. The number of carbonyl (C=O) groups excluding carboxylic acids is 1. The van der Waals surface area contributed by atoms with E-state index in [-0.39, 0.29) is 12.3 Å². The number of nitro benzene ring substituents is 1. The van der Waals surface area contributed by atoms with Gasteiger partial charge in [0.25, 0.3) is 11.6 Å². The van der Waals surface area contributed by atoms with Crippen LogP contribution in [0.5, 0.6) is 0 Å². The number of nitrogens with zero attached hydrogens (tertiary/aromatic N) is 2. The fourth-order valence-electron chi connectivity index (χ4n) is 1.83.